The Labute approximate surface area is 132 Å². The zero-order valence-electron chi connectivity index (χ0n) is 11.6. The Morgan fingerprint density at radius 1 is 1.32 bits per heavy atom. The molecule has 0 saturated carbocycles. The van der Waals surface area contributed by atoms with E-state index in [2.05, 4.69) is 41.3 Å². The van der Waals surface area contributed by atoms with Crippen molar-refractivity contribution in [3.8, 4) is 5.75 Å². The molecular weight excluding hydrogens is 353 g/mol. The van der Waals surface area contributed by atoms with Crippen LogP contribution in [-0.2, 0) is 6.54 Å². The van der Waals surface area contributed by atoms with Crippen molar-refractivity contribution in [1.82, 2.24) is 10.2 Å². The number of rotatable bonds is 5. The summed E-state index contributed by atoms with van der Waals surface area (Å²) in [7, 11) is 2.06. The maximum Gasteiger partial charge on any atom is 0.194 e. The molecule has 0 bridgehead atoms. The predicted octanol–water partition coefficient (Wildman–Crippen LogP) is 2.48. The summed E-state index contributed by atoms with van der Waals surface area (Å²) in [5.41, 5.74) is 1.24. The number of hydrogen-bond acceptors (Lipinski definition) is 4. The normalized spacial score (nSPS) is 13.8. The van der Waals surface area contributed by atoms with Crippen molar-refractivity contribution in [3.63, 3.8) is 0 Å². The van der Waals surface area contributed by atoms with Gasteiger partial charge in [-0.3, -0.25) is 4.99 Å². The number of nitrogens with zero attached hydrogens (tertiary/aromatic N) is 2. The summed E-state index contributed by atoms with van der Waals surface area (Å²) in [6.07, 6.45) is 1.04. The van der Waals surface area contributed by atoms with Crippen LogP contribution in [0.3, 0.4) is 0 Å². The van der Waals surface area contributed by atoms with Crippen molar-refractivity contribution < 1.29 is 4.74 Å². The van der Waals surface area contributed by atoms with E-state index in [1.165, 1.54) is 5.56 Å². The van der Waals surface area contributed by atoms with Gasteiger partial charge in [-0.2, -0.15) is 0 Å². The maximum absolute atomic E-state index is 5.55. The van der Waals surface area contributed by atoms with E-state index in [4.69, 9.17) is 4.74 Å². The Morgan fingerprint density at radius 3 is 2.63 bits per heavy atom. The second kappa shape index (κ2) is 8.24. The third-order valence-electron chi connectivity index (χ3n) is 2.91. The molecule has 0 aromatic heterocycles. The lowest BCUT2D eigenvalue weighted by Gasteiger charge is -2.15. The van der Waals surface area contributed by atoms with Crippen LogP contribution in [0.15, 0.2) is 29.3 Å². The van der Waals surface area contributed by atoms with Crippen LogP contribution >= 0.6 is 24.0 Å². The molecule has 0 unspecified atom stereocenters. The van der Waals surface area contributed by atoms with E-state index < -0.39 is 0 Å². The van der Waals surface area contributed by atoms with Crippen LogP contribution in [0.25, 0.3) is 0 Å². The Kier molecular flexibility index (Phi) is 6.97. The van der Waals surface area contributed by atoms with E-state index in [1.54, 1.807) is 0 Å². The zero-order valence-corrected chi connectivity index (χ0v) is 13.9. The van der Waals surface area contributed by atoms with E-state index in [-0.39, 0.29) is 24.0 Å². The second-order valence-corrected chi connectivity index (χ2v) is 4.47. The first kappa shape index (κ1) is 16.1. The molecule has 0 atom stereocenters. The van der Waals surface area contributed by atoms with Gasteiger partial charge in [0, 0.05) is 20.1 Å². The minimum absolute atomic E-state index is 0. The summed E-state index contributed by atoms with van der Waals surface area (Å²) in [6.45, 7) is 5.59. The van der Waals surface area contributed by atoms with Gasteiger partial charge in [0.1, 0.15) is 5.75 Å². The summed E-state index contributed by atoms with van der Waals surface area (Å²) >= 11 is 0. The molecule has 0 spiro atoms. The van der Waals surface area contributed by atoms with Gasteiger partial charge in [-0.1, -0.05) is 19.1 Å². The molecule has 106 valence electrons. The fourth-order valence-corrected chi connectivity index (χ4v) is 1.83. The average Bonchev–Trinajstić information content (AvgIpc) is 2.81. The standard InChI is InChI=1S/C14H21N3O.HI/c1-3-10-18-13-6-4-12(5-7-13)11-16-14-15-8-9-17(14)2;/h4-7H,3,8-11H2,1-2H3,(H,15,16);1H. The highest BCUT2D eigenvalue weighted by Crippen LogP contribution is 2.12. The number of halogens is 1. The molecule has 0 aliphatic carbocycles. The summed E-state index contributed by atoms with van der Waals surface area (Å²) in [5, 5.41) is 3.35. The molecule has 1 aliphatic rings. The van der Waals surface area contributed by atoms with Gasteiger partial charge in [0.25, 0.3) is 0 Å². The number of ether oxygens (including phenoxy) is 1. The molecule has 2 rings (SSSR count). The van der Waals surface area contributed by atoms with Gasteiger partial charge in [0.15, 0.2) is 5.96 Å². The zero-order chi connectivity index (χ0) is 12.8. The van der Waals surface area contributed by atoms with Crippen molar-refractivity contribution in [2.24, 2.45) is 4.99 Å². The van der Waals surface area contributed by atoms with Gasteiger partial charge < -0.3 is 15.0 Å². The Morgan fingerprint density at radius 2 is 2.05 bits per heavy atom. The molecule has 1 aromatic carbocycles. The van der Waals surface area contributed by atoms with Gasteiger partial charge in [0.2, 0.25) is 0 Å². The highest BCUT2D eigenvalue weighted by Gasteiger charge is 2.10. The van der Waals surface area contributed by atoms with Crippen molar-refractivity contribution in [1.29, 1.82) is 0 Å². The van der Waals surface area contributed by atoms with Gasteiger partial charge >= 0.3 is 0 Å². The van der Waals surface area contributed by atoms with Crippen molar-refractivity contribution in [3.05, 3.63) is 29.8 Å². The number of nitrogens with one attached hydrogen (secondary N) is 1. The quantitative estimate of drug-likeness (QED) is 0.804. The number of benzene rings is 1. The Balaban J connectivity index is 0.00000180. The minimum Gasteiger partial charge on any atom is -0.494 e. The molecule has 1 N–H and O–H groups in total. The Bertz CT molecular complexity index is 406. The van der Waals surface area contributed by atoms with E-state index in [9.17, 15) is 0 Å². The second-order valence-electron chi connectivity index (χ2n) is 4.47. The third kappa shape index (κ3) is 4.89. The largest absolute Gasteiger partial charge is 0.494 e. The molecule has 0 radical (unpaired) electrons. The van der Waals surface area contributed by atoms with Crippen molar-refractivity contribution in [2.75, 3.05) is 26.7 Å². The molecular formula is C14H22IN3O. The molecule has 0 fully saturated rings. The molecule has 4 nitrogen and oxygen atoms in total. The predicted molar refractivity (Wildman–Crippen MR) is 89.4 cm³/mol. The topological polar surface area (TPSA) is 36.9 Å². The molecule has 1 heterocycles. The van der Waals surface area contributed by atoms with E-state index >= 15 is 0 Å². The van der Waals surface area contributed by atoms with E-state index in [1.807, 2.05) is 12.1 Å². The molecule has 1 aromatic rings. The smallest absolute Gasteiger partial charge is 0.194 e. The number of hydrogen-bond donors (Lipinski definition) is 1. The highest BCUT2D eigenvalue weighted by molar-refractivity contribution is 14.0. The van der Waals surface area contributed by atoms with Crippen LogP contribution in [0, 0.1) is 0 Å². The van der Waals surface area contributed by atoms with Gasteiger partial charge in [-0.05, 0) is 24.1 Å². The summed E-state index contributed by atoms with van der Waals surface area (Å²) in [4.78, 5) is 6.53. The van der Waals surface area contributed by atoms with Gasteiger partial charge in [-0.25, -0.2) is 0 Å². The van der Waals surface area contributed by atoms with Gasteiger partial charge in [-0.15, -0.1) is 24.0 Å². The summed E-state index contributed by atoms with van der Waals surface area (Å²) < 4.78 is 5.55. The lowest BCUT2D eigenvalue weighted by molar-refractivity contribution is 0.317. The van der Waals surface area contributed by atoms with Gasteiger partial charge in [0.05, 0.1) is 13.2 Å². The number of guanidine groups is 1. The maximum atomic E-state index is 5.55. The average molecular weight is 375 g/mol. The first-order valence-corrected chi connectivity index (χ1v) is 6.51. The summed E-state index contributed by atoms with van der Waals surface area (Å²) in [6, 6.07) is 8.22. The number of aliphatic imine (C=N–C) groups is 1. The van der Waals surface area contributed by atoms with Crippen LogP contribution in [0.5, 0.6) is 5.75 Å². The first-order chi connectivity index (χ1) is 8.79. The lowest BCUT2D eigenvalue weighted by Crippen LogP contribution is -2.35. The van der Waals surface area contributed by atoms with Crippen LogP contribution in [0.4, 0.5) is 0 Å². The monoisotopic (exact) mass is 375 g/mol. The van der Waals surface area contributed by atoms with E-state index in [0.717, 1.165) is 44.4 Å². The lowest BCUT2D eigenvalue weighted by atomic mass is 10.2. The molecule has 1 aliphatic heterocycles. The molecule has 0 amide bonds. The molecule has 19 heavy (non-hydrogen) atoms. The molecule has 0 saturated heterocycles. The first-order valence-electron chi connectivity index (χ1n) is 6.51. The SMILES string of the molecule is CCCOc1ccc(CNC2=NCCN2C)cc1.I. The fraction of sp³-hybridized carbons (Fsp3) is 0.500. The highest BCUT2D eigenvalue weighted by atomic mass is 127. The van der Waals surface area contributed by atoms with Crippen molar-refractivity contribution >= 4 is 29.9 Å². The van der Waals surface area contributed by atoms with Crippen LogP contribution in [-0.4, -0.2) is 37.6 Å². The fourth-order valence-electron chi connectivity index (χ4n) is 1.83. The minimum atomic E-state index is 0. The van der Waals surface area contributed by atoms with Crippen LogP contribution < -0.4 is 10.1 Å². The van der Waals surface area contributed by atoms with Crippen LogP contribution in [0.1, 0.15) is 18.9 Å². The van der Waals surface area contributed by atoms with Crippen LogP contribution in [0.2, 0.25) is 0 Å². The third-order valence-corrected chi connectivity index (χ3v) is 2.91. The number of likely N-dealkylation sites (N-methyl/N-ethyl adjacent to an activating group) is 1. The van der Waals surface area contributed by atoms with E-state index in [0.29, 0.717) is 0 Å². The Hall–Kier alpha value is -0.980. The van der Waals surface area contributed by atoms with Crippen molar-refractivity contribution in [2.45, 2.75) is 19.9 Å². The summed E-state index contributed by atoms with van der Waals surface area (Å²) in [5.74, 6) is 1.93. The molecule has 5 heteroatoms.